The van der Waals surface area contributed by atoms with Crippen LogP contribution in [0.4, 0.5) is 0 Å². The molecule has 0 radical (unpaired) electrons. The summed E-state index contributed by atoms with van der Waals surface area (Å²) >= 11 is 0. The van der Waals surface area contributed by atoms with E-state index in [0.29, 0.717) is 0 Å². The molecular weight excluding hydrogens is 384 g/mol. The summed E-state index contributed by atoms with van der Waals surface area (Å²) in [6.45, 7) is 10.2. The molecule has 0 aromatic heterocycles. The Morgan fingerprint density at radius 1 is 0.968 bits per heavy atom. The number of hydrogen-bond acceptors (Lipinski definition) is 3. The number of amides is 1. The molecule has 0 atom stereocenters. The summed E-state index contributed by atoms with van der Waals surface area (Å²) in [5.74, 6) is 1.09. The Bertz CT molecular complexity index is 945. The second-order valence-corrected chi connectivity index (χ2v) is 9.35. The van der Waals surface area contributed by atoms with Gasteiger partial charge in [-0.15, -0.1) is 0 Å². The number of ether oxygens (including phenoxy) is 1. The van der Waals surface area contributed by atoms with Crippen LogP contribution in [0.1, 0.15) is 62.0 Å². The van der Waals surface area contributed by atoms with Gasteiger partial charge in [-0.25, -0.2) is 0 Å². The van der Waals surface area contributed by atoms with Gasteiger partial charge < -0.3 is 15.0 Å². The zero-order valence-corrected chi connectivity index (χ0v) is 19.2. The van der Waals surface area contributed by atoms with E-state index < -0.39 is 0 Å². The van der Waals surface area contributed by atoms with Gasteiger partial charge in [0, 0.05) is 36.9 Å². The minimum absolute atomic E-state index is 0.0925. The number of para-hydroxylation sites is 1. The topological polar surface area (TPSA) is 41.6 Å². The Hall–Kier alpha value is -2.59. The molecule has 1 spiro atoms. The number of fused-ring (bicyclic) bond motifs is 1. The Morgan fingerprint density at radius 2 is 1.61 bits per heavy atom. The molecule has 2 aromatic rings. The van der Waals surface area contributed by atoms with Crippen LogP contribution in [0.15, 0.2) is 54.6 Å². The molecule has 4 heteroatoms. The fraction of sp³-hybridized carbons (Fsp3) is 0.444. The summed E-state index contributed by atoms with van der Waals surface area (Å²) in [6, 6.07) is 16.9. The zero-order valence-electron chi connectivity index (χ0n) is 19.2. The molecule has 2 heterocycles. The molecule has 1 fully saturated rings. The minimum atomic E-state index is -0.270. The van der Waals surface area contributed by atoms with Crippen LogP contribution < -0.4 is 10.1 Å². The highest BCUT2D eigenvalue weighted by atomic mass is 16.5. The molecule has 2 aromatic carbocycles. The lowest BCUT2D eigenvalue weighted by molar-refractivity contribution is 0.0643. The SMILES string of the molecule is CC(C)N(C(=O)c1ccc(C2=CC3(CCNCC3)Oc3ccccc3C2)cc1)C(C)C. The Balaban J connectivity index is 1.67. The number of benzene rings is 2. The van der Waals surface area contributed by atoms with Crippen molar-refractivity contribution in [3.05, 3.63) is 71.3 Å². The van der Waals surface area contributed by atoms with Gasteiger partial charge in [0.05, 0.1) is 0 Å². The molecule has 164 valence electrons. The van der Waals surface area contributed by atoms with Crippen molar-refractivity contribution < 1.29 is 9.53 Å². The molecule has 2 aliphatic heterocycles. The molecule has 0 saturated carbocycles. The van der Waals surface area contributed by atoms with Crippen molar-refractivity contribution in [3.63, 3.8) is 0 Å². The van der Waals surface area contributed by atoms with Gasteiger partial charge in [0.25, 0.3) is 5.91 Å². The first-order valence-corrected chi connectivity index (χ1v) is 11.5. The summed E-state index contributed by atoms with van der Waals surface area (Å²) in [7, 11) is 0. The molecule has 0 bridgehead atoms. The maximum atomic E-state index is 13.1. The maximum absolute atomic E-state index is 13.1. The number of piperidine rings is 1. The quantitative estimate of drug-likeness (QED) is 0.752. The average molecular weight is 419 g/mol. The van der Waals surface area contributed by atoms with E-state index in [1.54, 1.807) is 0 Å². The lowest BCUT2D eigenvalue weighted by Crippen LogP contribution is -2.44. The summed E-state index contributed by atoms with van der Waals surface area (Å²) in [5, 5.41) is 3.45. The van der Waals surface area contributed by atoms with Gasteiger partial charge >= 0.3 is 0 Å². The maximum Gasteiger partial charge on any atom is 0.254 e. The molecular formula is C27H34N2O2. The van der Waals surface area contributed by atoms with Gasteiger partial charge in [-0.3, -0.25) is 4.79 Å². The number of nitrogens with zero attached hydrogens (tertiary/aromatic N) is 1. The molecule has 4 rings (SSSR count). The lowest BCUT2D eigenvalue weighted by atomic mass is 9.87. The van der Waals surface area contributed by atoms with Gasteiger partial charge in [0.1, 0.15) is 11.4 Å². The molecule has 1 amide bonds. The van der Waals surface area contributed by atoms with E-state index in [1.807, 2.05) is 23.1 Å². The average Bonchev–Trinajstić information content (AvgIpc) is 2.90. The van der Waals surface area contributed by atoms with Crippen molar-refractivity contribution in [2.75, 3.05) is 13.1 Å². The van der Waals surface area contributed by atoms with E-state index in [-0.39, 0.29) is 23.6 Å². The number of nitrogens with one attached hydrogen (secondary N) is 1. The third-order valence-corrected chi connectivity index (χ3v) is 6.40. The number of rotatable bonds is 4. The fourth-order valence-electron chi connectivity index (χ4n) is 4.89. The van der Waals surface area contributed by atoms with E-state index in [1.165, 1.54) is 11.1 Å². The van der Waals surface area contributed by atoms with E-state index in [4.69, 9.17) is 4.74 Å². The molecule has 1 N–H and O–H groups in total. The van der Waals surface area contributed by atoms with Crippen LogP contribution in [0.5, 0.6) is 5.75 Å². The smallest absolute Gasteiger partial charge is 0.254 e. The second-order valence-electron chi connectivity index (χ2n) is 9.35. The third kappa shape index (κ3) is 4.54. The molecule has 1 saturated heterocycles. The summed E-state index contributed by atoms with van der Waals surface area (Å²) < 4.78 is 6.61. The van der Waals surface area contributed by atoms with Crippen molar-refractivity contribution in [3.8, 4) is 5.75 Å². The Kier molecular flexibility index (Phi) is 6.19. The summed E-state index contributed by atoms with van der Waals surface area (Å²) in [6.07, 6.45) is 5.10. The predicted molar refractivity (Wildman–Crippen MR) is 126 cm³/mol. The lowest BCUT2D eigenvalue weighted by Gasteiger charge is -2.35. The molecule has 2 aliphatic rings. The highest BCUT2D eigenvalue weighted by Gasteiger charge is 2.35. The fourth-order valence-corrected chi connectivity index (χ4v) is 4.89. The van der Waals surface area contributed by atoms with Crippen LogP contribution in [0, 0.1) is 0 Å². The zero-order chi connectivity index (χ0) is 22.0. The van der Waals surface area contributed by atoms with Crippen LogP contribution >= 0.6 is 0 Å². The highest BCUT2D eigenvalue weighted by Crippen LogP contribution is 2.38. The number of hydrogen-bond donors (Lipinski definition) is 1. The van der Waals surface area contributed by atoms with Crippen LogP contribution in [0.25, 0.3) is 5.57 Å². The van der Waals surface area contributed by atoms with E-state index >= 15 is 0 Å². The van der Waals surface area contributed by atoms with Crippen molar-refractivity contribution in [2.45, 2.75) is 64.6 Å². The molecule has 0 unspecified atom stereocenters. The second kappa shape index (κ2) is 8.88. The predicted octanol–water partition coefficient (Wildman–Crippen LogP) is 5.09. The normalized spacial score (nSPS) is 17.7. The largest absolute Gasteiger partial charge is 0.483 e. The van der Waals surface area contributed by atoms with Crippen LogP contribution in [-0.4, -0.2) is 41.6 Å². The molecule has 0 aliphatic carbocycles. The Labute approximate surface area is 186 Å². The Morgan fingerprint density at radius 3 is 2.26 bits per heavy atom. The molecule has 31 heavy (non-hydrogen) atoms. The van der Waals surface area contributed by atoms with Crippen LogP contribution in [0.2, 0.25) is 0 Å². The standard InChI is InChI=1S/C27H34N2O2/c1-19(2)29(20(3)4)26(30)22-11-9-21(10-12-22)24-17-23-7-5-6-8-25(23)31-27(18-24)13-15-28-16-14-27/h5-12,18-20,28H,13-17H2,1-4H3. The van der Waals surface area contributed by atoms with Crippen LogP contribution in [-0.2, 0) is 6.42 Å². The highest BCUT2D eigenvalue weighted by molar-refractivity contribution is 5.95. The van der Waals surface area contributed by atoms with Gasteiger partial charge in [0.15, 0.2) is 0 Å². The van der Waals surface area contributed by atoms with E-state index in [9.17, 15) is 4.79 Å². The third-order valence-electron chi connectivity index (χ3n) is 6.40. The minimum Gasteiger partial charge on any atom is -0.483 e. The van der Waals surface area contributed by atoms with Gasteiger partial charge in [-0.2, -0.15) is 0 Å². The van der Waals surface area contributed by atoms with Crippen LogP contribution in [0.3, 0.4) is 0 Å². The number of allylic oxidation sites excluding steroid dienone is 1. The van der Waals surface area contributed by atoms with E-state index in [0.717, 1.165) is 49.2 Å². The van der Waals surface area contributed by atoms with Gasteiger partial charge in [-0.05, 0) is 81.8 Å². The summed E-state index contributed by atoms with van der Waals surface area (Å²) in [4.78, 5) is 15.0. The van der Waals surface area contributed by atoms with Crippen molar-refractivity contribution >= 4 is 11.5 Å². The van der Waals surface area contributed by atoms with Crippen molar-refractivity contribution in [2.24, 2.45) is 0 Å². The first-order chi connectivity index (χ1) is 14.9. The van der Waals surface area contributed by atoms with Gasteiger partial charge in [0.2, 0.25) is 0 Å². The summed E-state index contributed by atoms with van der Waals surface area (Å²) in [5.41, 5.74) is 4.13. The number of carbonyl (C=O) groups excluding carboxylic acids is 1. The first-order valence-electron chi connectivity index (χ1n) is 11.5. The monoisotopic (exact) mass is 418 g/mol. The number of carbonyl (C=O) groups is 1. The van der Waals surface area contributed by atoms with E-state index in [2.05, 4.69) is 69.4 Å². The molecule has 4 nitrogen and oxygen atoms in total. The first kappa shape index (κ1) is 21.6. The van der Waals surface area contributed by atoms with Gasteiger partial charge in [-0.1, -0.05) is 30.3 Å². The van der Waals surface area contributed by atoms with Crippen molar-refractivity contribution in [1.29, 1.82) is 0 Å². The van der Waals surface area contributed by atoms with Crippen molar-refractivity contribution in [1.82, 2.24) is 10.2 Å².